The highest BCUT2D eigenvalue weighted by atomic mass is 16.5. The van der Waals surface area contributed by atoms with Gasteiger partial charge >= 0.3 is 0 Å². The van der Waals surface area contributed by atoms with Gasteiger partial charge in [0.05, 0.1) is 17.5 Å². The highest BCUT2D eigenvalue weighted by Crippen LogP contribution is 2.32. The Labute approximate surface area is 122 Å². The van der Waals surface area contributed by atoms with Crippen molar-refractivity contribution in [3.8, 4) is 5.75 Å². The minimum absolute atomic E-state index is 0.145. The highest BCUT2D eigenvalue weighted by molar-refractivity contribution is 5.72. The van der Waals surface area contributed by atoms with Gasteiger partial charge in [-0.05, 0) is 50.7 Å². The molecular weight excluding hydrogens is 248 g/mol. The fourth-order valence-electron chi connectivity index (χ4n) is 3.05. The van der Waals surface area contributed by atoms with Gasteiger partial charge in [-0.3, -0.25) is 0 Å². The summed E-state index contributed by atoms with van der Waals surface area (Å²) in [7, 11) is 0. The van der Waals surface area contributed by atoms with Crippen LogP contribution >= 0.6 is 0 Å². The van der Waals surface area contributed by atoms with Gasteiger partial charge in [-0.25, -0.2) is 0 Å². The van der Waals surface area contributed by atoms with E-state index in [4.69, 9.17) is 10.5 Å². The summed E-state index contributed by atoms with van der Waals surface area (Å²) in [5.41, 5.74) is 7.92. The van der Waals surface area contributed by atoms with Crippen molar-refractivity contribution in [3.63, 3.8) is 0 Å². The Morgan fingerprint density at radius 2 is 2.15 bits per heavy atom. The lowest BCUT2D eigenvalue weighted by Crippen LogP contribution is -2.21. The van der Waals surface area contributed by atoms with Crippen LogP contribution in [0.25, 0.3) is 0 Å². The number of nitrogens with one attached hydrogen (secondary N) is 1. The SMILES string of the molecule is CC1CCCC(CNc2cccc(OC(C)C)c2N)C1. The first-order valence-electron chi connectivity index (χ1n) is 7.85. The number of hydrogen-bond acceptors (Lipinski definition) is 3. The summed E-state index contributed by atoms with van der Waals surface area (Å²) in [5, 5.41) is 3.51. The molecule has 0 radical (unpaired) electrons. The van der Waals surface area contributed by atoms with E-state index >= 15 is 0 Å². The Balaban J connectivity index is 1.95. The third kappa shape index (κ3) is 4.06. The van der Waals surface area contributed by atoms with Crippen molar-refractivity contribution in [1.82, 2.24) is 0 Å². The number of para-hydroxylation sites is 1. The van der Waals surface area contributed by atoms with Crippen LogP contribution in [0.5, 0.6) is 5.75 Å². The van der Waals surface area contributed by atoms with E-state index in [2.05, 4.69) is 12.2 Å². The minimum Gasteiger partial charge on any atom is -0.489 e. The van der Waals surface area contributed by atoms with Gasteiger partial charge in [0.1, 0.15) is 5.75 Å². The third-order valence-corrected chi connectivity index (χ3v) is 4.05. The Bertz CT molecular complexity index is 431. The van der Waals surface area contributed by atoms with Crippen molar-refractivity contribution in [2.45, 2.75) is 52.6 Å². The van der Waals surface area contributed by atoms with Crippen molar-refractivity contribution in [3.05, 3.63) is 18.2 Å². The Morgan fingerprint density at radius 1 is 1.35 bits per heavy atom. The Kier molecular flexibility index (Phi) is 5.16. The monoisotopic (exact) mass is 276 g/mol. The molecule has 3 nitrogen and oxygen atoms in total. The van der Waals surface area contributed by atoms with E-state index in [1.54, 1.807) is 0 Å². The Hall–Kier alpha value is -1.38. The quantitative estimate of drug-likeness (QED) is 0.788. The summed E-state index contributed by atoms with van der Waals surface area (Å²) in [6.45, 7) is 7.41. The van der Waals surface area contributed by atoms with Crippen LogP contribution in [0.3, 0.4) is 0 Å². The molecule has 1 aromatic rings. The van der Waals surface area contributed by atoms with Crippen LogP contribution in [0.1, 0.15) is 46.5 Å². The van der Waals surface area contributed by atoms with Crippen LogP contribution in [0.4, 0.5) is 11.4 Å². The standard InChI is InChI=1S/C17H28N2O/c1-12(2)20-16-9-5-8-15(17(16)18)19-11-14-7-4-6-13(3)10-14/h5,8-9,12-14,19H,4,6-7,10-11,18H2,1-3H3. The van der Waals surface area contributed by atoms with Gasteiger partial charge in [0.25, 0.3) is 0 Å². The smallest absolute Gasteiger partial charge is 0.144 e. The lowest BCUT2D eigenvalue weighted by atomic mass is 9.82. The van der Waals surface area contributed by atoms with Crippen LogP contribution in [-0.2, 0) is 0 Å². The summed E-state index contributed by atoms with van der Waals surface area (Å²) >= 11 is 0. The number of hydrogen-bond donors (Lipinski definition) is 2. The highest BCUT2D eigenvalue weighted by Gasteiger charge is 2.19. The molecule has 2 unspecified atom stereocenters. The largest absolute Gasteiger partial charge is 0.489 e. The number of anilines is 2. The zero-order chi connectivity index (χ0) is 14.5. The zero-order valence-corrected chi connectivity index (χ0v) is 13.0. The molecular formula is C17H28N2O. The van der Waals surface area contributed by atoms with Crippen molar-refractivity contribution >= 4 is 11.4 Å². The van der Waals surface area contributed by atoms with Crippen LogP contribution < -0.4 is 15.8 Å². The van der Waals surface area contributed by atoms with Crippen LogP contribution in [0.15, 0.2) is 18.2 Å². The van der Waals surface area contributed by atoms with Gasteiger partial charge in [0.2, 0.25) is 0 Å². The molecule has 0 bridgehead atoms. The molecule has 1 fully saturated rings. The first-order valence-corrected chi connectivity index (χ1v) is 7.85. The molecule has 0 heterocycles. The molecule has 1 aliphatic rings. The topological polar surface area (TPSA) is 47.3 Å². The van der Waals surface area contributed by atoms with Gasteiger partial charge in [-0.1, -0.05) is 25.8 Å². The van der Waals surface area contributed by atoms with E-state index < -0.39 is 0 Å². The van der Waals surface area contributed by atoms with E-state index in [-0.39, 0.29) is 6.10 Å². The molecule has 0 aromatic heterocycles. The minimum atomic E-state index is 0.145. The lowest BCUT2D eigenvalue weighted by Gasteiger charge is -2.27. The van der Waals surface area contributed by atoms with Gasteiger partial charge in [0.15, 0.2) is 0 Å². The summed E-state index contributed by atoms with van der Waals surface area (Å²) in [5.74, 6) is 2.42. The first kappa shape index (κ1) is 15.0. The first-order chi connectivity index (χ1) is 9.56. The van der Waals surface area contributed by atoms with Gasteiger partial charge in [-0.2, -0.15) is 0 Å². The van der Waals surface area contributed by atoms with Gasteiger partial charge < -0.3 is 15.8 Å². The molecule has 0 amide bonds. The van der Waals surface area contributed by atoms with Crippen LogP contribution in [0, 0.1) is 11.8 Å². The summed E-state index contributed by atoms with van der Waals surface area (Å²) in [6, 6.07) is 5.97. The van der Waals surface area contributed by atoms with E-state index in [0.29, 0.717) is 0 Å². The van der Waals surface area contributed by atoms with Crippen molar-refractivity contribution < 1.29 is 4.74 Å². The van der Waals surface area contributed by atoms with E-state index in [1.807, 2.05) is 32.0 Å². The second-order valence-electron chi connectivity index (χ2n) is 6.40. The molecule has 0 spiro atoms. The molecule has 0 saturated heterocycles. The predicted octanol–water partition coefficient (Wildman–Crippen LogP) is 4.29. The number of nitrogen functional groups attached to an aromatic ring is 1. The second kappa shape index (κ2) is 6.87. The molecule has 2 rings (SSSR count). The fraction of sp³-hybridized carbons (Fsp3) is 0.647. The van der Waals surface area contributed by atoms with Crippen molar-refractivity contribution in [1.29, 1.82) is 0 Å². The molecule has 0 aliphatic heterocycles. The van der Waals surface area contributed by atoms with Crippen LogP contribution in [-0.4, -0.2) is 12.6 Å². The predicted molar refractivity (Wildman–Crippen MR) is 86.2 cm³/mol. The molecule has 1 aliphatic carbocycles. The molecule has 1 aromatic carbocycles. The molecule has 1 saturated carbocycles. The summed E-state index contributed by atoms with van der Waals surface area (Å²) < 4.78 is 5.73. The maximum Gasteiger partial charge on any atom is 0.144 e. The lowest BCUT2D eigenvalue weighted by molar-refractivity contribution is 0.244. The average Bonchev–Trinajstić information content (AvgIpc) is 2.39. The van der Waals surface area contributed by atoms with E-state index in [1.165, 1.54) is 25.7 Å². The normalized spacial score (nSPS) is 22.8. The Morgan fingerprint density at radius 3 is 2.85 bits per heavy atom. The number of rotatable bonds is 5. The third-order valence-electron chi connectivity index (χ3n) is 4.05. The molecule has 3 heteroatoms. The maximum atomic E-state index is 6.19. The number of nitrogens with two attached hydrogens (primary N) is 1. The number of ether oxygens (including phenoxy) is 1. The van der Waals surface area contributed by atoms with E-state index in [9.17, 15) is 0 Å². The van der Waals surface area contributed by atoms with Gasteiger partial charge in [0, 0.05) is 6.54 Å². The van der Waals surface area contributed by atoms with Crippen molar-refractivity contribution in [2.24, 2.45) is 11.8 Å². The summed E-state index contributed by atoms with van der Waals surface area (Å²) in [4.78, 5) is 0. The van der Waals surface area contributed by atoms with Crippen molar-refractivity contribution in [2.75, 3.05) is 17.6 Å². The van der Waals surface area contributed by atoms with Crippen LogP contribution in [0.2, 0.25) is 0 Å². The van der Waals surface area contributed by atoms with Gasteiger partial charge in [-0.15, -0.1) is 0 Å². The maximum absolute atomic E-state index is 6.19. The fourth-order valence-corrected chi connectivity index (χ4v) is 3.05. The number of benzene rings is 1. The summed E-state index contributed by atoms with van der Waals surface area (Å²) in [6.07, 6.45) is 5.55. The molecule has 3 N–H and O–H groups in total. The molecule has 112 valence electrons. The van der Waals surface area contributed by atoms with E-state index in [0.717, 1.165) is 35.5 Å². The average molecular weight is 276 g/mol. The second-order valence-corrected chi connectivity index (χ2v) is 6.40. The molecule has 20 heavy (non-hydrogen) atoms. The molecule has 2 atom stereocenters. The zero-order valence-electron chi connectivity index (χ0n) is 13.0.